The number of hydrogen-bond acceptors (Lipinski definition) is 4. The molecular formula is C23H42O4. The topological polar surface area (TPSA) is 47.9 Å². The molecule has 0 spiro atoms. The van der Waals surface area contributed by atoms with E-state index in [0.29, 0.717) is 5.92 Å². The van der Waals surface area contributed by atoms with Gasteiger partial charge in [0, 0.05) is 7.11 Å². The van der Waals surface area contributed by atoms with E-state index < -0.39 is 0 Å². The molecule has 9 atom stereocenters. The molecule has 9 unspecified atom stereocenters. The van der Waals surface area contributed by atoms with Gasteiger partial charge in [-0.1, -0.05) is 27.2 Å². The van der Waals surface area contributed by atoms with Crippen LogP contribution < -0.4 is 0 Å². The zero-order chi connectivity index (χ0) is 19.4. The summed E-state index contributed by atoms with van der Waals surface area (Å²) in [5.74, 6) is 2.05. The maximum absolute atomic E-state index is 10.5. The molecule has 3 saturated carbocycles. The molecule has 0 amide bonds. The Bertz CT molecular complexity index is 442. The van der Waals surface area contributed by atoms with Crippen LogP contribution in [0.25, 0.3) is 0 Å². The van der Waals surface area contributed by atoms with Gasteiger partial charge in [0.05, 0.1) is 36.6 Å². The number of aliphatic hydroxyl groups is 1. The van der Waals surface area contributed by atoms with Crippen molar-refractivity contribution in [3.05, 3.63) is 0 Å². The molecule has 0 bridgehead atoms. The fourth-order valence-corrected chi connectivity index (χ4v) is 5.49. The molecule has 158 valence electrons. The lowest BCUT2D eigenvalue weighted by Gasteiger charge is -2.43. The molecule has 1 N–H and O–H groups in total. The summed E-state index contributed by atoms with van der Waals surface area (Å²) in [6.07, 6.45) is 11.3. The van der Waals surface area contributed by atoms with Crippen LogP contribution in [0.2, 0.25) is 0 Å². The molecule has 4 nitrogen and oxygen atoms in total. The van der Waals surface area contributed by atoms with Gasteiger partial charge in [-0.2, -0.15) is 0 Å². The van der Waals surface area contributed by atoms with Crippen LogP contribution in [0.1, 0.15) is 85.0 Å². The highest BCUT2D eigenvalue weighted by atomic mass is 16.6. The van der Waals surface area contributed by atoms with E-state index in [1.54, 1.807) is 0 Å². The Morgan fingerprint density at radius 1 is 0.704 bits per heavy atom. The summed E-state index contributed by atoms with van der Waals surface area (Å²) < 4.78 is 19.0. The summed E-state index contributed by atoms with van der Waals surface area (Å²) in [4.78, 5) is 0. The largest absolute Gasteiger partial charge is 0.390 e. The normalized spacial score (nSPS) is 46.3. The van der Waals surface area contributed by atoms with Crippen molar-refractivity contribution in [1.82, 2.24) is 0 Å². The predicted molar refractivity (Wildman–Crippen MR) is 108 cm³/mol. The van der Waals surface area contributed by atoms with Gasteiger partial charge in [-0.25, -0.2) is 0 Å². The Morgan fingerprint density at radius 2 is 1.30 bits per heavy atom. The van der Waals surface area contributed by atoms with Crippen LogP contribution in [0, 0.1) is 17.8 Å². The fraction of sp³-hybridized carbons (Fsp3) is 1.00. The molecule has 3 fully saturated rings. The molecule has 0 heterocycles. The average molecular weight is 383 g/mol. The minimum atomic E-state index is -0.321. The highest BCUT2D eigenvalue weighted by Crippen LogP contribution is 2.37. The van der Waals surface area contributed by atoms with Gasteiger partial charge in [-0.15, -0.1) is 0 Å². The smallest absolute Gasteiger partial charge is 0.0844 e. The van der Waals surface area contributed by atoms with E-state index in [2.05, 4.69) is 20.8 Å². The molecule has 3 aliphatic rings. The second-order valence-corrected chi connectivity index (χ2v) is 9.69. The van der Waals surface area contributed by atoms with Gasteiger partial charge in [0.15, 0.2) is 0 Å². The van der Waals surface area contributed by atoms with Crippen LogP contribution in [0.5, 0.6) is 0 Å². The molecule has 0 radical (unpaired) electrons. The van der Waals surface area contributed by atoms with E-state index in [-0.39, 0.29) is 36.6 Å². The lowest BCUT2D eigenvalue weighted by molar-refractivity contribution is -0.194. The molecule has 0 aromatic heterocycles. The van der Waals surface area contributed by atoms with E-state index in [1.165, 1.54) is 19.3 Å². The van der Waals surface area contributed by atoms with Crippen molar-refractivity contribution in [3.63, 3.8) is 0 Å². The molecule has 4 heteroatoms. The molecule has 3 aliphatic carbocycles. The Labute approximate surface area is 166 Å². The van der Waals surface area contributed by atoms with Gasteiger partial charge in [-0.3, -0.25) is 0 Å². The molecule has 3 rings (SSSR count). The molecule has 0 aliphatic heterocycles. The molecule has 0 saturated heterocycles. The van der Waals surface area contributed by atoms with Crippen molar-refractivity contribution in [1.29, 1.82) is 0 Å². The van der Waals surface area contributed by atoms with Gasteiger partial charge >= 0.3 is 0 Å². The van der Waals surface area contributed by atoms with Crippen molar-refractivity contribution in [3.8, 4) is 0 Å². The van der Waals surface area contributed by atoms with E-state index >= 15 is 0 Å². The minimum absolute atomic E-state index is 0.0162. The van der Waals surface area contributed by atoms with Crippen LogP contribution in [0.3, 0.4) is 0 Å². The van der Waals surface area contributed by atoms with E-state index in [1.807, 2.05) is 7.11 Å². The standard InChI is InChI=1S/C23H42O4/c1-5-17-8-11-21(27-20-10-7-16(3)13-22(20)25-4)23(14-17)26-19-9-6-15(2)12-18(19)24/h15-24H,5-14H2,1-4H3. The SMILES string of the molecule is CCC1CCC(OC2CCC(C)CC2OC)C(OC2CCC(C)CC2O)C1. The number of aliphatic hydroxyl groups excluding tert-OH is 1. The van der Waals surface area contributed by atoms with E-state index in [4.69, 9.17) is 14.2 Å². The van der Waals surface area contributed by atoms with E-state index in [9.17, 15) is 5.11 Å². The summed E-state index contributed by atoms with van der Waals surface area (Å²) in [7, 11) is 1.82. The fourth-order valence-electron chi connectivity index (χ4n) is 5.49. The monoisotopic (exact) mass is 382 g/mol. The Hall–Kier alpha value is -0.160. The average Bonchev–Trinajstić information content (AvgIpc) is 2.66. The first-order valence-electron chi connectivity index (χ1n) is 11.5. The Morgan fingerprint density at radius 3 is 1.96 bits per heavy atom. The van der Waals surface area contributed by atoms with Crippen LogP contribution >= 0.6 is 0 Å². The second kappa shape index (κ2) is 10.0. The first-order chi connectivity index (χ1) is 13.0. The van der Waals surface area contributed by atoms with Crippen LogP contribution in [-0.4, -0.2) is 48.8 Å². The maximum atomic E-state index is 10.5. The second-order valence-electron chi connectivity index (χ2n) is 9.69. The summed E-state index contributed by atoms with van der Waals surface area (Å²) in [5, 5.41) is 10.5. The summed E-state index contributed by atoms with van der Waals surface area (Å²) in [6, 6.07) is 0. The number of rotatable bonds is 6. The highest BCUT2D eigenvalue weighted by Gasteiger charge is 2.39. The quantitative estimate of drug-likeness (QED) is 0.722. The lowest BCUT2D eigenvalue weighted by atomic mass is 9.82. The summed E-state index contributed by atoms with van der Waals surface area (Å²) >= 11 is 0. The highest BCUT2D eigenvalue weighted by molar-refractivity contribution is 4.88. The molecule has 0 aromatic rings. The summed E-state index contributed by atoms with van der Waals surface area (Å²) in [5.41, 5.74) is 0. The maximum Gasteiger partial charge on any atom is 0.0844 e. The lowest BCUT2D eigenvalue weighted by Crippen LogP contribution is -2.48. The van der Waals surface area contributed by atoms with Crippen LogP contribution in [0.15, 0.2) is 0 Å². The predicted octanol–water partition coefficient (Wildman–Crippen LogP) is 4.72. The van der Waals surface area contributed by atoms with E-state index in [0.717, 1.165) is 56.8 Å². The van der Waals surface area contributed by atoms with Crippen molar-refractivity contribution in [2.45, 2.75) is 122 Å². The molecule has 27 heavy (non-hydrogen) atoms. The van der Waals surface area contributed by atoms with Crippen molar-refractivity contribution in [2.24, 2.45) is 17.8 Å². The zero-order valence-electron chi connectivity index (χ0n) is 17.9. The van der Waals surface area contributed by atoms with Gasteiger partial charge in [0.2, 0.25) is 0 Å². The van der Waals surface area contributed by atoms with Crippen molar-refractivity contribution in [2.75, 3.05) is 7.11 Å². The van der Waals surface area contributed by atoms with Crippen molar-refractivity contribution < 1.29 is 19.3 Å². The first-order valence-corrected chi connectivity index (χ1v) is 11.5. The third-order valence-electron chi connectivity index (χ3n) is 7.43. The Balaban J connectivity index is 1.62. The van der Waals surface area contributed by atoms with Gasteiger partial charge < -0.3 is 19.3 Å². The van der Waals surface area contributed by atoms with Gasteiger partial charge in [0.25, 0.3) is 0 Å². The van der Waals surface area contributed by atoms with Gasteiger partial charge in [0.1, 0.15) is 0 Å². The Kier molecular flexibility index (Phi) is 8.02. The zero-order valence-corrected chi connectivity index (χ0v) is 17.9. The summed E-state index contributed by atoms with van der Waals surface area (Å²) in [6.45, 7) is 6.82. The first kappa shape index (κ1) is 21.5. The third-order valence-corrected chi connectivity index (χ3v) is 7.43. The third kappa shape index (κ3) is 5.68. The number of ether oxygens (including phenoxy) is 3. The molecule has 0 aromatic carbocycles. The van der Waals surface area contributed by atoms with Crippen molar-refractivity contribution >= 4 is 0 Å². The van der Waals surface area contributed by atoms with Crippen LogP contribution in [0.4, 0.5) is 0 Å². The molecular weight excluding hydrogens is 340 g/mol. The van der Waals surface area contributed by atoms with Gasteiger partial charge in [-0.05, 0) is 75.5 Å². The number of hydrogen-bond donors (Lipinski definition) is 1. The number of methoxy groups -OCH3 is 1. The van der Waals surface area contributed by atoms with Crippen LogP contribution in [-0.2, 0) is 14.2 Å². The minimum Gasteiger partial charge on any atom is -0.390 e.